The fourth-order valence-electron chi connectivity index (χ4n) is 1.13. The van der Waals surface area contributed by atoms with Crippen molar-refractivity contribution < 1.29 is 14.4 Å². The molecule has 3 amide bonds. The molecule has 0 bridgehead atoms. The van der Waals surface area contributed by atoms with Crippen molar-refractivity contribution in [2.75, 3.05) is 25.9 Å². The average Bonchev–Trinajstić information content (AvgIpc) is 2.41. The third-order valence-corrected chi connectivity index (χ3v) is 2.76. The van der Waals surface area contributed by atoms with Gasteiger partial charge in [-0.3, -0.25) is 14.4 Å². The second-order valence-electron chi connectivity index (χ2n) is 4.04. The molecule has 0 aliphatic heterocycles. The lowest BCUT2D eigenvalue weighted by molar-refractivity contribution is -0.129. The Hall–Kier alpha value is -1.28. The number of thiol groups is 1. The lowest BCUT2D eigenvalue weighted by Gasteiger charge is -2.17. The van der Waals surface area contributed by atoms with Crippen LogP contribution < -0.4 is 21.3 Å². The van der Waals surface area contributed by atoms with E-state index in [-0.39, 0.29) is 29.5 Å². The Bertz CT molecular complexity index is 325. The third-order valence-electron chi connectivity index (χ3n) is 2.47. The van der Waals surface area contributed by atoms with Gasteiger partial charge in [0.1, 0.15) is 6.04 Å². The number of likely N-dealkylation sites (N-methyl/N-ethyl adjacent to an activating group) is 1. The molecule has 0 aromatic carbocycles. The molecule has 0 radical (unpaired) electrons. The lowest BCUT2D eigenvalue weighted by Crippen LogP contribution is -2.50. The zero-order valence-electron chi connectivity index (χ0n) is 11.4. The summed E-state index contributed by atoms with van der Waals surface area (Å²) in [4.78, 5) is 34.0. The van der Waals surface area contributed by atoms with Gasteiger partial charge >= 0.3 is 0 Å². The standard InChI is InChI=1S/C11H22N4O3S/c1-7(12-3)11(18)15-8(2)10(17)14-5-4-13-9(16)6-19/h7-8,12,19H,4-6H2,1-3H3,(H,13,16)(H,14,17)(H,15,18). The fourth-order valence-corrected chi connectivity index (χ4v) is 1.24. The summed E-state index contributed by atoms with van der Waals surface area (Å²) < 4.78 is 0. The second-order valence-corrected chi connectivity index (χ2v) is 4.36. The van der Waals surface area contributed by atoms with Crippen LogP contribution in [0.2, 0.25) is 0 Å². The van der Waals surface area contributed by atoms with Crippen molar-refractivity contribution in [3.05, 3.63) is 0 Å². The molecule has 0 heterocycles. The van der Waals surface area contributed by atoms with Gasteiger partial charge in [0, 0.05) is 13.1 Å². The molecule has 2 atom stereocenters. The zero-order valence-corrected chi connectivity index (χ0v) is 12.3. The number of amides is 3. The van der Waals surface area contributed by atoms with Crippen LogP contribution in [-0.2, 0) is 14.4 Å². The molecular weight excluding hydrogens is 268 g/mol. The van der Waals surface area contributed by atoms with Crippen molar-refractivity contribution in [3.63, 3.8) is 0 Å². The van der Waals surface area contributed by atoms with Crippen LogP contribution in [0.5, 0.6) is 0 Å². The summed E-state index contributed by atoms with van der Waals surface area (Å²) in [6, 6.07) is -0.978. The number of hydrogen-bond donors (Lipinski definition) is 5. The van der Waals surface area contributed by atoms with Gasteiger partial charge in [-0.2, -0.15) is 12.6 Å². The Morgan fingerprint density at radius 3 is 2.11 bits per heavy atom. The second kappa shape index (κ2) is 9.62. The van der Waals surface area contributed by atoms with Crippen LogP contribution in [0.1, 0.15) is 13.8 Å². The van der Waals surface area contributed by atoms with E-state index in [0.717, 1.165) is 0 Å². The maximum atomic E-state index is 11.6. The van der Waals surface area contributed by atoms with E-state index < -0.39 is 6.04 Å². The molecule has 110 valence electrons. The highest BCUT2D eigenvalue weighted by molar-refractivity contribution is 7.81. The highest BCUT2D eigenvalue weighted by Crippen LogP contribution is 1.86. The van der Waals surface area contributed by atoms with Crippen LogP contribution in [0.4, 0.5) is 0 Å². The van der Waals surface area contributed by atoms with Gasteiger partial charge in [-0.1, -0.05) is 0 Å². The van der Waals surface area contributed by atoms with Gasteiger partial charge in [0.05, 0.1) is 11.8 Å². The molecule has 2 unspecified atom stereocenters. The van der Waals surface area contributed by atoms with Gasteiger partial charge in [-0.15, -0.1) is 0 Å². The molecule has 0 aliphatic rings. The van der Waals surface area contributed by atoms with Crippen molar-refractivity contribution in [1.82, 2.24) is 21.3 Å². The van der Waals surface area contributed by atoms with Crippen LogP contribution in [0.3, 0.4) is 0 Å². The first kappa shape index (κ1) is 17.7. The van der Waals surface area contributed by atoms with Gasteiger partial charge in [-0.25, -0.2) is 0 Å². The molecule has 0 saturated carbocycles. The average molecular weight is 290 g/mol. The predicted octanol–water partition coefficient (Wildman–Crippen LogP) is -1.74. The predicted molar refractivity (Wildman–Crippen MR) is 76.0 cm³/mol. The van der Waals surface area contributed by atoms with E-state index in [4.69, 9.17) is 0 Å². The quantitative estimate of drug-likeness (QED) is 0.271. The van der Waals surface area contributed by atoms with E-state index in [2.05, 4.69) is 33.9 Å². The van der Waals surface area contributed by atoms with Gasteiger partial charge < -0.3 is 21.3 Å². The smallest absolute Gasteiger partial charge is 0.242 e. The van der Waals surface area contributed by atoms with Crippen molar-refractivity contribution in [2.45, 2.75) is 25.9 Å². The van der Waals surface area contributed by atoms with Gasteiger partial charge in [0.15, 0.2) is 0 Å². The molecular formula is C11H22N4O3S. The summed E-state index contributed by atoms with van der Waals surface area (Å²) in [5.41, 5.74) is 0. The summed E-state index contributed by atoms with van der Waals surface area (Å²) in [5, 5.41) is 10.5. The fraction of sp³-hybridized carbons (Fsp3) is 0.727. The highest BCUT2D eigenvalue weighted by atomic mass is 32.1. The van der Waals surface area contributed by atoms with Gasteiger partial charge in [0.25, 0.3) is 0 Å². The molecule has 0 aliphatic carbocycles. The summed E-state index contributed by atoms with van der Waals surface area (Å²) in [7, 11) is 1.67. The summed E-state index contributed by atoms with van der Waals surface area (Å²) >= 11 is 3.80. The number of hydrogen-bond acceptors (Lipinski definition) is 5. The molecule has 0 aromatic rings. The van der Waals surface area contributed by atoms with E-state index in [9.17, 15) is 14.4 Å². The van der Waals surface area contributed by atoms with Crippen molar-refractivity contribution in [2.24, 2.45) is 0 Å². The molecule has 7 nitrogen and oxygen atoms in total. The largest absolute Gasteiger partial charge is 0.354 e. The molecule has 0 fully saturated rings. The lowest BCUT2D eigenvalue weighted by atomic mass is 10.2. The Morgan fingerprint density at radius 1 is 1.00 bits per heavy atom. The van der Waals surface area contributed by atoms with Crippen LogP contribution in [0.25, 0.3) is 0 Å². The zero-order chi connectivity index (χ0) is 14.8. The molecule has 0 spiro atoms. The third kappa shape index (κ3) is 7.68. The number of nitrogens with one attached hydrogen (secondary N) is 4. The minimum absolute atomic E-state index is 0.113. The maximum absolute atomic E-state index is 11.6. The SMILES string of the molecule is CNC(C)C(=O)NC(C)C(=O)NCCNC(=O)CS. The first-order valence-electron chi connectivity index (χ1n) is 6.05. The molecule has 19 heavy (non-hydrogen) atoms. The number of carbonyl (C=O) groups excluding carboxylic acids is 3. The van der Waals surface area contributed by atoms with E-state index in [1.807, 2.05) is 0 Å². The van der Waals surface area contributed by atoms with Crippen molar-refractivity contribution in [1.29, 1.82) is 0 Å². The Morgan fingerprint density at radius 2 is 1.58 bits per heavy atom. The number of carbonyl (C=O) groups is 3. The molecule has 0 aromatic heterocycles. The normalized spacial score (nSPS) is 13.3. The van der Waals surface area contributed by atoms with Crippen LogP contribution >= 0.6 is 12.6 Å². The van der Waals surface area contributed by atoms with Crippen LogP contribution in [-0.4, -0.2) is 55.7 Å². The summed E-state index contributed by atoms with van der Waals surface area (Å²) in [6.45, 7) is 3.94. The van der Waals surface area contributed by atoms with E-state index in [1.165, 1.54) is 0 Å². The Labute approximate surface area is 118 Å². The molecule has 8 heteroatoms. The first-order chi connectivity index (χ1) is 8.92. The van der Waals surface area contributed by atoms with Crippen molar-refractivity contribution >= 4 is 30.4 Å². The maximum Gasteiger partial charge on any atom is 0.242 e. The monoisotopic (exact) mass is 290 g/mol. The van der Waals surface area contributed by atoms with Crippen molar-refractivity contribution in [3.8, 4) is 0 Å². The summed E-state index contributed by atoms with van der Waals surface area (Å²) in [5.74, 6) is -0.616. The van der Waals surface area contributed by atoms with E-state index in [1.54, 1.807) is 20.9 Å². The molecule has 0 saturated heterocycles. The minimum atomic E-state index is -0.621. The minimum Gasteiger partial charge on any atom is -0.354 e. The summed E-state index contributed by atoms with van der Waals surface area (Å²) in [6.07, 6.45) is 0. The van der Waals surface area contributed by atoms with E-state index >= 15 is 0 Å². The first-order valence-corrected chi connectivity index (χ1v) is 6.68. The topological polar surface area (TPSA) is 99.3 Å². The van der Waals surface area contributed by atoms with Gasteiger partial charge in [0.2, 0.25) is 17.7 Å². The van der Waals surface area contributed by atoms with Crippen LogP contribution in [0, 0.1) is 0 Å². The van der Waals surface area contributed by atoms with Crippen LogP contribution in [0.15, 0.2) is 0 Å². The molecule has 0 rings (SSSR count). The highest BCUT2D eigenvalue weighted by Gasteiger charge is 2.18. The van der Waals surface area contributed by atoms with E-state index in [0.29, 0.717) is 13.1 Å². The molecule has 4 N–H and O–H groups in total. The number of rotatable bonds is 8. The Kier molecular flexibility index (Phi) is 8.98. The Balaban J connectivity index is 3.88. The van der Waals surface area contributed by atoms with Gasteiger partial charge in [-0.05, 0) is 20.9 Å².